The van der Waals surface area contributed by atoms with E-state index in [4.69, 9.17) is 22.1 Å². The lowest BCUT2D eigenvalue weighted by molar-refractivity contribution is -0.119. The second-order valence-corrected chi connectivity index (χ2v) is 6.22. The van der Waals surface area contributed by atoms with Gasteiger partial charge in [0.15, 0.2) is 0 Å². The van der Waals surface area contributed by atoms with Crippen LogP contribution < -0.4 is 15.4 Å². The molecular weight excluding hydrogens is 278 g/mol. The number of ether oxygens (including phenoxy) is 1. The van der Waals surface area contributed by atoms with Crippen molar-refractivity contribution < 1.29 is 9.53 Å². The summed E-state index contributed by atoms with van der Waals surface area (Å²) >= 11 is 6.11. The molecule has 2 heterocycles. The second kappa shape index (κ2) is 4.53. The number of carbonyl (C=O) groups is 1. The number of fused-ring (bicyclic) bond motifs is 3. The van der Waals surface area contributed by atoms with E-state index in [1.165, 1.54) is 0 Å². The zero-order valence-corrected chi connectivity index (χ0v) is 12.4. The third-order valence-corrected chi connectivity index (χ3v) is 4.35. The standard InChI is InChI=1S/C14H18ClN3O2/c1-14(2)17(7-13(16)19)6-10-8-20-12-4-3-9(15)5-11(12)18(10)14/h3-5,10H,6-8H2,1-2H3,(H2,16,19). The van der Waals surface area contributed by atoms with Crippen LogP contribution >= 0.6 is 11.6 Å². The van der Waals surface area contributed by atoms with Crippen molar-refractivity contribution >= 4 is 23.2 Å². The summed E-state index contributed by atoms with van der Waals surface area (Å²) < 4.78 is 5.80. The van der Waals surface area contributed by atoms with Crippen LogP contribution in [0.5, 0.6) is 5.75 Å². The van der Waals surface area contributed by atoms with Crippen LogP contribution in [-0.4, -0.2) is 42.2 Å². The van der Waals surface area contributed by atoms with Gasteiger partial charge >= 0.3 is 0 Å². The Morgan fingerprint density at radius 1 is 1.55 bits per heavy atom. The number of benzene rings is 1. The molecule has 20 heavy (non-hydrogen) atoms. The minimum Gasteiger partial charge on any atom is -0.489 e. The summed E-state index contributed by atoms with van der Waals surface area (Å²) in [5, 5.41) is 0.678. The van der Waals surface area contributed by atoms with Crippen molar-refractivity contribution in [2.45, 2.75) is 25.6 Å². The van der Waals surface area contributed by atoms with Gasteiger partial charge in [-0.2, -0.15) is 0 Å². The van der Waals surface area contributed by atoms with Crippen molar-refractivity contribution in [3.8, 4) is 5.75 Å². The number of halogens is 1. The Balaban J connectivity index is 2.01. The topological polar surface area (TPSA) is 58.8 Å². The molecule has 108 valence electrons. The lowest BCUT2D eigenvalue weighted by Crippen LogP contribution is -2.53. The number of rotatable bonds is 2. The summed E-state index contributed by atoms with van der Waals surface area (Å²) in [5.41, 5.74) is 6.02. The van der Waals surface area contributed by atoms with Gasteiger partial charge in [0.25, 0.3) is 0 Å². The minimum absolute atomic E-state index is 0.204. The molecule has 1 atom stereocenters. The predicted molar refractivity (Wildman–Crippen MR) is 78.1 cm³/mol. The lowest BCUT2D eigenvalue weighted by Gasteiger charge is -2.43. The smallest absolute Gasteiger partial charge is 0.231 e. The van der Waals surface area contributed by atoms with Gasteiger partial charge in [-0.05, 0) is 32.0 Å². The molecule has 1 saturated heterocycles. The highest BCUT2D eigenvalue weighted by Crippen LogP contribution is 2.44. The third kappa shape index (κ3) is 2.01. The molecule has 1 fully saturated rings. The van der Waals surface area contributed by atoms with E-state index in [0.29, 0.717) is 11.6 Å². The Morgan fingerprint density at radius 2 is 2.30 bits per heavy atom. The molecule has 0 aromatic heterocycles. The molecule has 2 aliphatic rings. The lowest BCUT2D eigenvalue weighted by atomic mass is 10.1. The van der Waals surface area contributed by atoms with Gasteiger partial charge in [-0.3, -0.25) is 9.69 Å². The first-order valence-electron chi connectivity index (χ1n) is 6.64. The van der Waals surface area contributed by atoms with Crippen LogP contribution in [0.3, 0.4) is 0 Å². The maximum Gasteiger partial charge on any atom is 0.231 e. The van der Waals surface area contributed by atoms with Gasteiger partial charge in [-0.15, -0.1) is 0 Å². The molecule has 6 heteroatoms. The van der Waals surface area contributed by atoms with Gasteiger partial charge < -0.3 is 15.4 Å². The van der Waals surface area contributed by atoms with Gasteiger partial charge in [-0.25, -0.2) is 0 Å². The van der Waals surface area contributed by atoms with E-state index < -0.39 is 0 Å². The van der Waals surface area contributed by atoms with E-state index in [1.54, 1.807) is 0 Å². The number of hydrogen-bond donors (Lipinski definition) is 1. The molecule has 0 spiro atoms. The Bertz CT molecular complexity index is 561. The van der Waals surface area contributed by atoms with Crippen molar-refractivity contribution in [3.63, 3.8) is 0 Å². The number of anilines is 1. The summed E-state index contributed by atoms with van der Waals surface area (Å²) in [5.74, 6) is 0.518. The highest BCUT2D eigenvalue weighted by Gasteiger charge is 2.48. The summed E-state index contributed by atoms with van der Waals surface area (Å²) in [4.78, 5) is 15.6. The number of nitrogens with zero attached hydrogens (tertiary/aromatic N) is 2. The average Bonchev–Trinajstić information content (AvgIpc) is 2.60. The summed E-state index contributed by atoms with van der Waals surface area (Å²) in [6.07, 6.45) is 0. The first kappa shape index (κ1) is 13.5. The fraction of sp³-hybridized carbons (Fsp3) is 0.500. The Kier molecular flexibility index (Phi) is 3.06. The number of amides is 1. The van der Waals surface area contributed by atoms with Crippen LogP contribution in [0, 0.1) is 0 Å². The van der Waals surface area contributed by atoms with E-state index in [9.17, 15) is 4.79 Å². The van der Waals surface area contributed by atoms with E-state index in [0.717, 1.165) is 18.0 Å². The first-order chi connectivity index (χ1) is 9.39. The summed E-state index contributed by atoms with van der Waals surface area (Å²) in [6, 6.07) is 5.83. The van der Waals surface area contributed by atoms with Crippen LogP contribution in [0.15, 0.2) is 18.2 Å². The Morgan fingerprint density at radius 3 is 3.00 bits per heavy atom. The number of carbonyl (C=O) groups excluding carboxylic acids is 1. The normalized spacial score (nSPS) is 23.9. The molecule has 2 N–H and O–H groups in total. The fourth-order valence-corrected chi connectivity index (χ4v) is 3.38. The van der Waals surface area contributed by atoms with Gasteiger partial charge in [0.2, 0.25) is 5.91 Å². The van der Waals surface area contributed by atoms with Crippen LogP contribution in [-0.2, 0) is 4.79 Å². The predicted octanol–water partition coefficient (Wildman–Crippen LogP) is 1.44. The van der Waals surface area contributed by atoms with Crippen molar-refractivity contribution in [2.75, 3.05) is 24.6 Å². The molecule has 2 aliphatic heterocycles. The molecule has 3 rings (SSSR count). The fourth-order valence-electron chi connectivity index (χ4n) is 3.21. The molecule has 0 bridgehead atoms. The third-order valence-electron chi connectivity index (χ3n) is 4.12. The zero-order valence-electron chi connectivity index (χ0n) is 11.6. The molecule has 0 aliphatic carbocycles. The molecule has 1 unspecified atom stereocenters. The highest BCUT2D eigenvalue weighted by molar-refractivity contribution is 6.31. The van der Waals surface area contributed by atoms with E-state index in [-0.39, 0.29) is 24.2 Å². The van der Waals surface area contributed by atoms with Gasteiger partial charge in [0.05, 0.1) is 23.9 Å². The van der Waals surface area contributed by atoms with E-state index in [1.807, 2.05) is 18.2 Å². The summed E-state index contributed by atoms with van der Waals surface area (Å²) in [6.45, 7) is 5.78. The van der Waals surface area contributed by atoms with Crippen molar-refractivity contribution in [2.24, 2.45) is 5.73 Å². The van der Waals surface area contributed by atoms with Gasteiger partial charge in [-0.1, -0.05) is 11.6 Å². The maximum atomic E-state index is 11.3. The van der Waals surface area contributed by atoms with E-state index in [2.05, 4.69) is 23.6 Å². The molecule has 1 amide bonds. The molecule has 0 radical (unpaired) electrons. The maximum absolute atomic E-state index is 11.3. The SMILES string of the molecule is CC1(C)N(CC(N)=O)CC2COc3ccc(Cl)cc3N21. The van der Waals surface area contributed by atoms with E-state index >= 15 is 0 Å². The quantitative estimate of drug-likeness (QED) is 0.897. The van der Waals surface area contributed by atoms with Crippen LogP contribution in [0.4, 0.5) is 5.69 Å². The van der Waals surface area contributed by atoms with Crippen LogP contribution in [0.2, 0.25) is 5.02 Å². The molecular formula is C14H18ClN3O2. The Hall–Kier alpha value is -1.46. The van der Waals surface area contributed by atoms with Crippen LogP contribution in [0.1, 0.15) is 13.8 Å². The molecule has 1 aromatic carbocycles. The van der Waals surface area contributed by atoms with Gasteiger partial charge in [0, 0.05) is 11.6 Å². The Labute approximate surface area is 123 Å². The van der Waals surface area contributed by atoms with Crippen molar-refractivity contribution in [3.05, 3.63) is 23.2 Å². The molecule has 1 aromatic rings. The highest BCUT2D eigenvalue weighted by atomic mass is 35.5. The summed E-state index contributed by atoms with van der Waals surface area (Å²) in [7, 11) is 0. The van der Waals surface area contributed by atoms with Crippen LogP contribution in [0.25, 0.3) is 0 Å². The largest absolute Gasteiger partial charge is 0.489 e. The second-order valence-electron chi connectivity index (χ2n) is 5.79. The average molecular weight is 296 g/mol. The number of hydrogen-bond acceptors (Lipinski definition) is 4. The number of primary amides is 1. The molecule has 0 saturated carbocycles. The molecule has 5 nitrogen and oxygen atoms in total. The number of nitrogens with two attached hydrogens (primary N) is 1. The zero-order chi connectivity index (χ0) is 14.5. The van der Waals surface area contributed by atoms with Gasteiger partial charge in [0.1, 0.15) is 12.4 Å². The van der Waals surface area contributed by atoms with Crippen molar-refractivity contribution in [1.82, 2.24) is 4.90 Å². The minimum atomic E-state index is -0.315. The monoisotopic (exact) mass is 295 g/mol. The van der Waals surface area contributed by atoms with Crippen molar-refractivity contribution in [1.29, 1.82) is 0 Å². The first-order valence-corrected chi connectivity index (χ1v) is 7.02.